The molecule has 2 aromatic rings. The van der Waals surface area contributed by atoms with E-state index in [-0.39, 0.29) is 29.9 Å². The smallest absolute Gasteiger partial charge is 0.216 e. The summed E-state index contributed by atoms with van der Waals surface area (Å²) in [7, 11) is 3.47. The summed E-state index contributed by atoms with van der Waals surface area (Å²) in [6, 6.07) is 5.56. The Morgan fingerprint density at radius 3 is 2.54 bits per heavy atom. The van der Waals surface area contributed by atoms with Crippen molar-refractivity contribution >= 4 is 35.6 Å². The van der Waals surface area contributed by atoms with Crippen molar-refractivity contribution in [3.05, 3.63) is 29.5 Å². The molecule has 0 fully saturated rings. The summed E-state index contributed by atoms with van der Waals surface area (Å²) in [5.41, 5.74) is 8.69. The van der Waals surface area contributed by atoms with Crippen LogP contribution < -0.4 is 25.3 Å². The highest BCUT2D eigenvalue weighted by atomic mass is 127. The van der Waals surface area contributed by atoms with E-state index >= 15 is 0 Å². The van der Waals surface area contributed by atoms with E-state index in [0.29, 0.717) is 37.1 Å². The molecule has 0 saturated heterocycles. The Morgan fingerprint density at radius 2 is 1.93 bits per heavy atom. The lowest BCUT2D eigenvalue weighted by atomic mass is 10.2. The molecule has 1 aromatic carbocycles. The highest BCUT2D eigenvalue weighted by Gasteiger charge is 2.15. The van der Waals surface area contributed by atoms with Gasteiger partial charge in [-0.3, -0.25) is 0 Å². The van der Waals surface area contributed by atoms with Crippen molar-refractivity contribution in [3.8, 4) is 17.4 Å². The first-order chi connectivity index (χ1) is 13.0. The minimum Gasteiger partial charge on any atom is -0.494 e. The monoisotopic (exact) mass is 503 g/mol. The van der Waals surface area contributed by atoms with Gasteiger partial charge < -0.3 is 25.3 Å². The molecule has 156 valence electrons. The highest BCUT2D eigenvalue weighted by molar-refractivity contribution is 14.0. The van der Waals surface area contributed by atoms with Crippen molar-refractivity contribution in [2.45, 2.75) is 33.7 Å². The molecule has 2 rings (SSSR count). The molecule has 0 unspecified atom stereocenters. The molecular formula is C19H30IN5O3. The molecule has 0 saturated carbocycles. The largest absolute Gasteiger partial charge is 0.494 e. The number of hydrogen-bond donors (Lipinski definition) is 2. The summed E-state index contributed by atoms with van der Waals surface area (Å²) in [4.78, 5) is 4.45. The van der Waals surface area contributed by atoms with E-state index in [0.717, 1.165) is 23.4 Å². The number of halogens is 1. The minimum atomic E-state index is 0. The van der Waals surface area contributed by atoms with E-state index < -0.39 is 0 Å². The molecule has 9 heteroatoms. The van der Waals surface area contributed by atoms with E-state index in [1.165, 1.54) is 0 Å². The van der Waals surface area contributed by atoms with Crippen LogP contribution in [-0.2, 0) is 20.0 Å². The van der Waals surface area contributed by atoms with Crippen LogP contribution in [-0.4, -0.2) is 36.1 Å². The standard InChI is InChI=1S/C19H29N5O3.HI/c1-6-15-14(18(25-5)24(4)23-15)12-21-19(20)22-16-11-13(26-7-2)9-10-17(16)27-8-3;/h9-11H,6-8,12H2,1-5H3,(H3,20,21,22);1H. The average Bonchev–Trinajstić information content (AvgIpc) is 2.97. The number of benzene rings is 1. The first-order valence-corrected chi connectivity index (χ1v) is 9.09. The van der Waals surface area contributed by atoms with Gasteiger partial charge in [0.25, 0.3) is 0 Å². The van der Waals surface area contributed by atoms with E-state index in [4.69, 9.17) is 19.9 Å². The molecule has 8 nitrogen and oxygen atoms in total. The van der Waals surface area contributed by atoms with Crippen LogP contribution in [0.3, 0.4) is 0 Å². The fourth-order valence-corrected chi connectivity index (χ4v) is 2.79. The van der Waals surface area contributed by atoms with Gasteiger partial charge in [-0.2, -0.15) is 5.10 Å². The first kappa shape index (κ1) is 23.9. The predicted octanol–water partition coefficient (Wildman–Crippen LogP) is 3.33. The third kappa shape index (κ3) is 5.91. The second-order valence-corrected chi connectivity index (χ2v) is 5.76. The lowest BCUT2D eigenvalue weighted by molar-refractivity contribution is 0.332. The van der Waals surface area contributed by atoms with Crippen molar-refractivity contribution in [1.82, 2.24) is 9.78 Å². The van der Waals surface area contributed by atoms with Crippen LogP contribution in [0.5, 0.6) is 17.4 Å². The maximum Gasteiger partial charge on any atom is 0.216 e. The molecule has 0 spiro atoms. The maximum atomic E-state index is 6.11. The van der Waals surface area contributed by atoms with Gasteiger partial charge >= 0.3 is 0 Å². The van der Waals surface area contributed by atoms with Gasteiger partial charge in [-0.1, -0.05) is 6.92 Å². The summed E-state index contributed by atoms with van der Waals surface area (Å²) in [6.45, 7) is 7.41. The van der Waals surface area contributed by atoms with Gasteiger partial charge in [0.2, 0.25) is 5.88 Å². The van der Waals surface area contributed by atoms with E-state index in [9.17, 15) is 0 Å². The van der Waals surface area contributed by atoms with Crippen molar-refractivity contribution in [2.24, 2.45) is 17.8 Å². The topological polar surface area (TPSA) is 95.9 Å². The molecule has 0 aliphatic carbocycles. The fourth-order valence-electron chi connectivity index (χ4n) is 2.79. The van der Waals surface area contributed by atoms with E-state index in [1.807, 2.05) is 46.0 Å². The number of guanidine groups is 1. The molecule has 0 atom stereocenters. The number of rotatable bonds is 9. The SMILES string of the molecule is CCOc1ccc(OCC)c(NC(N)=NCc2c(CC)nn(C)c2OC)c1.I. The number of nitrogens with two attached hydrogens (primary N) is 1. The van der Waals surface area contributed by atoms with Crippen LogP contribution in [0.1, 0.15) is 32.0 Å². The van der Waals surface area contributed by atoms with Gasteiger partial charge in [0.15, 0.2) is 5.96 Å². The molecule has 0 aliphatic heterocycles. The molecular weight excluding hydrogens is 473 g/mol. The number of nitrogens with zero attached hydrogens (tertiary/aromatic N) is 3. The molecule has 3 N–H and O–H groups in total. The maximum absolute atomic E-state index is 6.11. The molecule has 1 heterocycles. The summed E-state index contributed by atoms with van der Waals surface area (Å²) < 4.78 is 18.3. The van der Waals surface area contributed by atoms with Crippen molar-refractivity contribution in [2.75, 3.05) is 25.6 Å². The van der Waals surface area contributed by atoms with Crippen molar-refractivity contribution < 1.29 is 14.2 Å². The Morgan fingerprint density at radius 1 is 1.21 bits per heavy atom. The summed E-state index contributed by atoms with van der Waals surface area (Å²) in [5.74, 6) is 2.39. The average molecular weight is 503 g/mol. The lowest BCUT2D eigenvalue weighted by Crippen LogP contribution is -2.23. The Bertz CT molecular complexity index is 792. The number of methoxy groups -OCH3 is 1. The number of hydrogen-bond acceptors (Lipinski definition) is 5. The Labute approximate surface area is 183 Å². The molecule has 0 bridgehead atoms. The number of anilines is 1. The zero-order valence-corrected chi connectivity index (χ0v) is 19.4. The minimum absolute atomic E-state index is 0. The Hall–Kier alpha value is -2.17. The highest BCUT2D eigenvalue weighted by Crippen LogP contribution is 2.29. The van der Waals surface area contributed by atoms with Crippen LogP contribution in [0, 0.1) is 0 Å². The molecule has 28 heavy (non-hydrogen) atoms. The number of aliphatic imine (C=N–C) groups is 1. The van der Waals surface area contributed by atoms with Crippen LogP contribution in [0.2, 0.25) is 0 Å². The quantitative estimate of drug-likeness (QED) is 0.310. The van der Waals surface area contributed by atoms with Crippen LogP contribution >= 0.6 is 24.0 Å². The van der Waals surface area contributed by atoms with E-state index in [2.05, 4.69) is 15.4 Å². The van der Waals surface area contributed by atoms with Crippen LogP contribution in [0.15, 0.2) is 23.2 Å². The third-order valence-corrected chi connectivity index (χ3v) is 3.93. The Balaban J connectivity index is 0.00000392. The van der Waals surface area contributed by atoms with Gasteiger partial charge in [0.1, 0.15) is 11.5 Å². The van der Waals surface area contributed by atoms with Gasteiger partial charge in [-0.15, -0.1) is 24.0 Å². The first-order valence-electron chi connectivity index (χ1n) is 9.09. The van der Waals surface area contributed by atoms with Gasteiger partial charge in [0, 0.05) is 13.1 Å². The third-order valence-electron chi connectivity index (χ3n) is 3.93. The lowest BCUT2D eigenvalue weighted by Gasteiger charge is -2.14. The van der Waals surface area contributed by atoms with Gasteiger partial charge in [-0.05, 0) is 32.4 Å². The molecule has 0 aliphatic rings. The van der Waals surface area contributed by atoms with Crippen molar-refractivity contribution in [1.29, 1.82) is 0 Å². The van der Waals surface area contributed by atoms with Crippen LogP contribution in [0.4, 0.5) is 5.69 Å². The summed E-state index contributed by atoms with van der Waals surface area (Å²) in [5, 5.41) is 7.56. The van der Waals surface area contributed by atoms with Crippen molar-refractivity contribution in [3.63, 3.8) is 0 Å². The summed E-state index contributed by atoms with van der Waals surface area (Å²) >= 11 is 0. The fraction of sp³-hybridized carbons (Fsp3) is 0.474. The zero-order chi connectivity index (χ0) is 19.8. The van der Waals surface area contributed by atoms with Gasteiger partial charge in [0.05, 0.1) is 43.8 Å². The summed E-state index contributed by atoms with van der Waals surface area (Å²) in [6.07, 6.45) is 0.792. The number of ether oxygens (including phenoxy) is 3. The molecule has 1 aromatic heterocycles. The second-order valence-electron chi connectivity index (χ2n) is 5.76. The normalized spacial score (nSPS) is 11.0. The Kier molecular flexibility index (Phi) is 9.91. The number of aryl methyl sites for hydroxylation is 2. The van der Waals surface area contributed by atoms with E-state index in [1.54, 1.807) is 11.8 Å². The number of aromatic nitrogens is 2. The number of nitrogens with one attached hydrogen (secondary N) is 1. The molecule has 0 amide bonds. The zero-order valence-electron chi connectivity index (χ0n) is 17.1. The predicted molar refractivity (Wildman–Crippen MR) is 122 cm³/mol. The second kappa shape index (κ2) is 11.6. The van der Waals surface area contributed by atoms with Gasteiger partial charge in [-0.25, -0.2) is 9.67 Å². The van der Waals surface area contributed by atoms with Crippen LogP contribution in [0.25, 0.3) is 0 Å². The molecule has 0 radical (unpaired) electrons.